The van der Waals surface area contributed by atoms with Crippen LogP contribution in [-0.4, -0.2) is 22.5 Å². The molecular formula is C3H10N4O. The van der Waals surface area contributed by atoms with Gasteiger partial charge in [0, 0.05) is 0 Å². The van der Waals surface area contributed by atoms with Gasteiger partial charge in [0.05, 0.1) is 0 Å². The van der Waals surface area contributed by atoms with Gasteiger partial charge in [0.15, 0.2) is 0 Å². The Hall–Kier alpha value is -0.200. The highest BCUT2D eigenvalue weighted by Gasteiger charge is 2.69. The molecule has 1 fully saturated rings. The molecule has 9 N–H and O–H groups in total. The molecule has 0 aromatic heterocycles. The van der Waals surface area contributed by atoms with Gasteiger partial charge in [0.2, 0.25) is 0 Å². The van der Waals surface area contributed by atoms with Crippen LogP contribution in [0.5, 0.6) is 0 Å². The van der Waals surface area contributed by atoms with Gasteiger partial charge in [-0.15, -0.1) is 0 Å². The van der Waals surface area contributed by atoms with E-state index in [9.17, 15) is 0 Å². The van der Waals surface area contributed by atoms with Crippen molar-refractivity contribution >= 4 is 0 Å². The molecule has 5 nitrogen and oxygen atoms in total. The minimum atomic E-state index is -1.28. The lowest BCUT2D eigenvalue weighted by molar-refractivity contribution is 0.235. The highest BCUT2D eigenvalue weighted by molar-refractivity contribution is 5.27. The third kappa shape index (κ3) is 0.378. The quantitative estimate of drug-likeness (QED) is 0.212. The molecular weight excluding hydrogens is 108 g/mol. The predicted molar refractivity (Wildman–Crippen MR) is 28.2 cm³/mol. The van der Waals surface area contributed by atoms with Crippen molar-refractivity contribution in [3.63, 3.8) is 0 Å². The van der Waals surface area contributed by atoms with Crippen LogP contribution >= 0.6 is 0 Å². The maximum Gasteiger partial charge on any atom is 0.128 e. The van der Waals surface area contributed by atoms with Gasteiger partial charge < -0.3 is 28.0 Å². The van der Waals surface area contributed by atoms with E-state index in [-0.39, 0.29) is 0 Å². The molecule has 1 saturated carbocycles. The van der Waals surface area contributed by atoms with Gasteiger partial charge in [-0.2, -0.15) is 0 Å². The Morgan fingerprint density at radius 1 is 1.00 bits per heavy atom. The molecule has 0 atom stereocenters. The summed E-state index contributed by atoms with van der Waals surface area (Å²) < 4.78 is 0. The molecule has 1 aliphatic rings. The van der Waals surface area contributed by atoms with Gasteiger partial charge in [0.1, 0.15) is 17.4 Å². The zero-order chi connectivity index (χ0) is 6.58. The van der Waals surface area contributed by atoms with Gasteiger partial charge in [-0.1, -0.05) is 0 Å². The fourth-order valence-electron chi connectivity index (χ4n) is 0.545. The summed E-state index contributed by atoms with van der Waals surface area (Å²) in [7, 11) is 0. The van der Waals surface area contributed by atoms with Gasteiger partial charge in [0.25, 0.3) is 0 Å². The summed E-state index contributed by atoms with van der Waals surface area (Å²) in [6.45, 7) is 0. The van der Waals surface area contributed by atoms with Crippen LogP contribution < -0.4 is 22.9 Å². The summed E-state index contributed by atoms with van der Waals surface area (Å²) in [5.41, 5.74) is 18.1. The lowest BCUT2D eigenvalue weighted by Gasteiger charge is -2.03. The third-order valence-electron chi connectivity index (χ3n) is 1.57. The van der Waals surface area contributed by atoms with Crippen molar-refractivity contribution in [3.05, 3.63) is 0 Å². The van der Waals surface area contributed by atoms with E-state index in [1.165, 1.54) is 0 Å². The molecule has 5 heteroatoms. The Morgan fingerprint density at radius 2 is 1.12 bits per heavy atom. The van der Waals surface area contributed by atoms with Crippen molar-refractivity contribution in [1.82, 2.24) is 0 Å². The number of aliphatic hydroxyl groups excluding tert-OH is 1. The van der Waals surface area contributed by atoms with Crippen LogP contribution in [0.15, 0.2) is 0 Å². The number of hydrogen-bond donors (Lipinski definition) is 5. The minimum Gasteiger partial charge on any atom is -0.386 e. The number of nitrogens with two attached hydrogens (primary N) is 4. The lowest BCUT2D eigenvalue weighted by atomic mass is 10.4. The molecule has 0 aromatic rings. The smallest absolute Gasteiger partial charge is 0.128 e. The van der Waals surface area contributed by atoms with E-state index in [2.05, 4.69) is 0 Å². The average molecular weight is 118 g/mol. The summed E-state index contributed by atoms with van der Waals surface area (Å²) in [4.78, 5) is 0. The van der Waals surface area contributed by atoms with E-state index in [0.717, 1.165) is 0 Å². The first-order valence-corrected chi connectivity index (χ1v) is 2.24. The van der Waals surface area contributed by atoms with Crippen LogP contribution in [0.4, 0.5) is 0 Å². The van der Waals surface area contributed by atoms with Gasteiger partial charge in [-0.25, -0.2) is 0 Å². The Morgan fingerprint density at radius 3 is 1.12 bits per heavy atom. The molecule has 0 heterocycles. The molecule has 0 amide bonds. The molecule has 0 spiro atoms. The van der Waals surface area contributed by atoms with Crippen molar-refractivity contribution < 1.29 is 5.11 Å². The van der Waals surface area contributed by atoms with Crippen LogP contribution in [0.1, 0.15) is 0 Å². The van der Waals surface area contributed by atoms with Crippen molar-refractivity contribution in [2.75, 3.05) is 0 Å². The van der Waals surface area contributed by atoms with Crippen LogP contribution in [0.25, 0.3) is 0 Å². The molecule has 1 aliphatic carbocycles. The Balaban J connectivity index is 2.72. The van der Waals surface area contributed by atoms with Gasteiger partial charge in [-0.05, 0) is 0 Å². The maximum atomic E-state index is 8.72. The van der Waals surface area contributed by atoms with Crippen LogP contribution in [0.2, 0.25) is 0 Å². The van der Waals surface area contributed by atoms with Crippen molar-refractivity contribution in [3.8, 4) is 0 Å². The molecule has 0 saturated heterocycles. The SMILES string of the molecule is NC1(N)C(O)C1(N)N. The zero-order valence-electron chi connectivity index (χ0n) is 4.33. The molecule has 1 rings (SSSR count). The summed E-state index contributed by atoms with van der Waals surface area (Å²) in [6, 6.07) is 0. The van der Waals surface area contributed by atoms with Crippen LogP contribution in [0, 0.1) is 0 Å². The van der Waals surface area contributed by atoms with Crippen molar-refractivity contribution in [1.29, 1.82) is 0 Å². The number of hydrogen-bond acceptors (Lipinski definition) is 5. The highest BCUT2D eigenvalue weighted by atomic mass is 16.3. The molecule has 48 valence electrons. The van der Waals surface area contributed by atoms with Crippen molar-refractivity contribution in [2.24, 2.45) is 22.9 Å². The van der Waals surface area contributed by atoms with Gasteiger partial charge >= 0.3 is 0 Å². The second-order valence-electron chi connectivity index (χ2n) is 2.27. The van der Waals surface area contributed by atoms with E-state index in [1.54, 1.807) is 0 Å². The Bertz CT molecular complexity index is 106. The average Bonchev–Trinajstić information content (AvgIpc) is 1.88. The summed E-state index contributed by atoms with van der Waals surface area (Å²) in [5.74, 6) is 0. The first-order chi connectivity index (χ1) is 3.40. The number of rotatable bonds is 0. The first-order valence-electron chi connectivity index (χ1n) is 2.24. The van der Waals surface area contributed by atoms with E-state index in [1.807, 2.05) is 0 Å². The molecule has 0 bridgehead atoms. The Labute approximate surface area is 46.6 Å². The summed E-state index contributed by atoms with van der Waals surface area (Å²) in [5, 5.41) is 8.72. The van der Waals surface area contributed by atoms with E-state index in [4.69, 9.17) is 28.0 Å². The second kappa shape index (κ2) is 1.04. The molecule has 0 unspecified atom stereocenters. The van der Waals surface area contributed by atoms with Crippen LogP contribution in [-0.2, 0) is 0 Å². The fourth-order valence-corrected chi connectivity index (χ4v) is 0.545. The first kappa shape index (κ1) is 5.93. The van der Waals surface area contributed by atoms with E-state index < -0.39 is 17.4 Å². The topological polar surface area (TPSA) is 124 Å². The summed E-state index contributed by atoms with van der Waals surface area (Å²) in [6.07, 6.45) is -0.977. The second-order valence-corrected chi connectivity index (χ2v) is 2.27. The lowest BCUT2D eigenvalue weighted by Crippen LogP contribution is -2.53. The van der Waals surface area contributed by atoms with E-state index in [0.29, 0.717) is 0 Å². The molecule has 0 aromatic carbocycles. The molecule has 0 radical (unpaired) electrons. The van der Waals surface area contributed by atoms with Crippen LogP contribution in [0.3, 0.4) is 0 Å². The molecule has 0 aliphatic heterocycles. The number of aliphatic hydroxyl groups is 1. The standard InChI is InChI=1S/C3H10N4O/c4-2(5)1(8)3(2,6)7/h1,8H,4-7H2. The Kier molecular flexibility index (Phi) is 0.774. The largest absolute Gasteiger partial charge is 0.386 e. The summed E-state index contributed by atoms with van der Waals surface area (Å²) >= 11 is 0. The fraction of sp³-hybridized carbons (Fsp3) is 1.00. The highest BCUT2D eigenvalue weighted by Crippen LogP contribution is 2.33. The minimum absolute atomic E-state index is 0.977. The maximum absolute atomic E-state index is 8.72. The van der Waals surface area contributed by atoms with E-state index >= 15 is 0 Å². The zero-order valence-corrected chi connectivity index (χ0v) is 4.33. The normalized spacial score (nSPS) is 32.6. The van der Waals surface area contributed by atoms with Crippen molar-refractivity contribution in [2.45, 2.75) is 17.4 Å². The third-order valence-corrected chi connectivity index (χ3v) is 1.57. The van der Waals surface area contributed by atoms with Gasteiger partial charge in [-0.3, -0.25) is 0 Å². The predicted octanol–water partition coefficient (Wildman–Crippen LogP) is -3.41. The molecule has 8 heavy (non-hydrogen) atoms. The monoisotopic (exact) mass is 118 g/mol.